The Morgan fingerprint density at radius 3 is 2.65 bits per heavy atom. The summed E-state index contributed by atoms with van der Waals surface area (Å²) in [5.74, 6) is 0.897. The van der Waals surface area contributed by atoms with Crippen LogP contribution in [0.5, 0.6) is 0 Å². The van der Waals surface area contributed by atoms with Crippen molar-refractivity contribution in [1.82, 2.24) is 0 Å². The summed E-state index contributed by atoms with van der Waals surface area (Å²) in [5, 5.41) is 0. The summed E-state index contributed by atoms with van der Waals surface area (Å²) in [4.78, 5) is 11.0. The number of ether oxygens (including phenoxy) is 1. The number of carbonyl (C=O) groups excluding carboxylic acids is 1. The average molecular weight is 230 g/mol. The van der Waals surface area contributed by atoms with Crippen molar-refractivity contribution in [1.29, 1.82) is 0 Å². The summed E-state index contributed by atoms with van der Waals surface area (Å²) in [6.07, 6.45) is 9.43. The number of allylic oxidation sites excluding steroid dienone is 5. The number of carbonyl (C=O) groups is 1. The SMILES string of the molecule is [B]C(=O)C1=CC=C(/C(=C/CC)OCCCC)C1. The van der Waals surface area contributed by atoms with Crippen LogP contribution in [0.4, 0.5) is 0 Å². The molecule has 3 heteroatoms. The molecule has 0 fully saturated rings. The van der Waals surface area contributed by atoms with E-state index in [0.717, 1.165) is 37.2 Å². The first-order chi connectivity index (χ1) is 8.19. The number of hydrogen-bond acceptors (Lipinski definition) is 2. The van der Waals surface area contributed by atoms with Crippen molar-refractivity contribution in [2.75, 3.05) is 6.61 Å². The topological polar surface area (TPSA) is 26.3 Å². The first-order valence-corrected chi connectivity index (χ1v) is 6.21. The lowest BCUT2D eigenvalue weighted by Crippen LogP contribution is -2.02. The Morgan fingerprint density at radius 1 is 1.41 bits per heavy atom. The van der Waals surface area contributed by atoms with Gasteiger partial charge in [-0.1, -0.05) is 32.4 Å². The van der Waals surface area contributed by atoms with Crippen LogP contribution in [0.1, 0.15) is 39.5 Å². The van der Waals surface area contributed by atoms with Crippen LogP contribution < -0.4 is 0 Å². The van der Waals surface area contributed by atoms with Gasteiger partial charge in [0.05, 0.1) is 6.61 Å². The van der Waals surface area contributed by atoms with Gasteiger partial charge in [-0.15, -0.1) is 0 Å². The van der Waals surface area contributed by atoms with Crippen LogP contribution in [0.15, 0.2) is 35.1 Å². The van der Waals surface area contributed by atoms with Crippen LogP contribution in [0.25, 0.3) is 0 Å². The van der Waals surface area contributed by atoms with Crippen molar-refractivity contribution >= 4 is 13.5 Å². The molecule has 0 saturated carbocycles. The zero-order valence-corrected chi connectivity index (χ0v) is 10.7. The lowest BCUT2D eigenvalue weighted by atomic mass is 9.92. The lowest BCUT2D eigenvalue weighted by Gasteiger charge is -2.12. The first kappa shape index (κ1) is 13.8. The molecule has 0 atom stereocenters. The molecule has 2 radical (unpaired) electrons. The Kier molecular flexibility index (Phi) is 5.81. The van der Waals surface area contributed by atoms with Gasteiger partial charge >= 0.3 is 0 Å². The highest BCUT2D eigenvalue weighted by Crippen LogP contribution is 2.26. The minimum atomic E-state index is -0.347. The third-order valence-corrected chi connectivity index (χ3v) is 2.64. The molecule has 0 heterocycles. The summed E-state index contributed by atoms with van der Waals surface area (Å²) < 4.78 is 5.74. The van der Waals surface area contributed by atoms with Gasteiger partial charge in [0.15, 0.2) is 7.85 Å². The van der Waals surface area contributed by atoms with Crippen LogP contribution in [-0.2, 0) is 9.53 Å². The molecular weight excluding hydrogens is 211 g/mol. The normalized spacial score (nSPS) is 15.5. The summed E-state index contributed by atoms with van der Waals surface area (Å²) in [5.41, 5.74) is 1.36. The number of rotatable bonds is 7. The molecule has 0 amide bonds. The second-order valence-corrected chi connectivity index (χ2v) is 4.10. The van der Waals surface area contributed by atoms with E-state index in [1.165, 1.54) is 0 Å². The van der Waals surface area contributed by atoms with Crippen molar-refractivity contribution < 1.29 is 9.53 Å². The van der Waals surface area contributed by atoms with E-state index in [-0.39, 0.29) is 5.68 Å². The van der Waals surface area contributed by atoms with Crippen LogP contribution in [-0.4, -0.2) is 20.1 Å². The Hall–Kier alpha value is -1.25. The molecule has 1 aliphatic carbocycles. The van der Waals surface area contributed by atoms with Crippen LogP contribution >= 0.6 is 0 Å². The molecule has 0 unspecified atom stereocenters. The molecule has 0 aromatic heterocycles. The zero-order valence-electron chi connectivity index (χ0n) is 10.7. The Morgan fingerprint density at radius 2 is 2.12 bits per heavy atom. The second-order valence-electron chi connectivity index (χ2n) is 4.10. The molecule has 0 aliphatic heterocycles. The zero-order chi connectivity index (χ0) is 12.7. The van der Waals surface area contributed by atoms with Gasteiger partial charge in [-0.25, -0.2) is 0 Å². The standard InChI is InChI=1S/C14H19BO2/c1-3-5-9-17-13(6-4-2)11-7-8-12(10-11)14(15)16/h6-8H,3-5,9-10H2,1-2H3/b13-6-. The number of unbranched alkanes of at least 4 members (excludes halogenated alkanes) is 1. The molecular formula is C14H19BO2. The van der Waals surface area contributed by atoms with Crippen LogP contribution in [0.3, 0.4) is 0 Å². The average Bonchev–Trinajstić information content (AvgIpc) is 2.77. The van der Waals surface area contributed by atoms with Gasteiger partial charge in [0.25, 0.3) is 0 Å². The van der Waals surface area contributed by atoms with Crippen molar-refractivity contribution in [3.8, 4) is 0 Å². The van der Waals surface area contributed by atoms with Gasteiger partial charge in [0, 0.05) is 6.42 Å². The van der Waals surface area contributed by atoms with Crippen LogP contribution in [0, 0.1) is 0 Å². The van der Waals surface area contributed by atoms with Crippen LogP contribution in [0.2, 0.25) is 0 Å². The predicted octanol–water partition coefficient (Wildman–Crippen LogP) is 3.05. The molecule has 0 saturated heterocycles. The van der Waals surface area contributed by atoms with E-state index in [0.29, 0.717) is 12.0 Å². The molecule has 0 aromatic carbocycles. The maximum atomic E-state index is 11.0. The van der Waals surface area contributed by atoms with E-state index < -0.39 is 0 Å². The highest BCUT2D eigenvalue weighted by molar-refractivity contribution is 6.62. The van der Waals surface area contributed by atoms with E-state index in [1.807, 2.05) is 6.08 Å². The summed E-state index contributed by atoms with van der Waals surface area (Å²) in [7, 11) is 5.25. The molecule has 0 spiro atoms. The molecule has 2 nitrogen and oxygen atoms in total. The van der Waals surface area contributed by atoms with Gasteiger partial charge in [0.1, 0.15) is 11.4 Å². The van der Waals surface area contributed by atoms with Crippen molar-refractivity contribution in [2.45, 2.75) is 39.5 Å². The summed E-state index contributed by atoms with van der Waals surface area (Å²) in [6, 6.07) is 0. The van der Waals surface area contributed by atoms with Gasteiger partial charge in [-0.3, -0.25) is 0 Å². The third kappa shape index (κ3) is 4.25. The predicted molar refractivity (Wildman–Crippen MR) is 70.8 cm³/mol. The monoisotopic (exact) mass is 230 g/mol. The molecule has 17 heavy (non-hydrogen) atoms. The van der Waals surface area contributed by atoms with Crippen molar-refractivity contribution in [3.63, 3.8) is 0 Å². The van der Waals surface area contributed by atoms with E-state index in [1.54, 1.807) is 6.08 Å². The molecule has 1 aliphatic rings. The van der Waals surface area contributed by atoms with Gasteiger partial charge in [-0.05, 0) is 30.1 Å². The lowest BCUT2D eigenvalue weighted by molar-refractivity contribution is -0.108. The third-order valence-electron chi connectivity index (χ3n) is 2.64. The van der Waals surface area contributed by atoms with Crippen molar-refractivity contribution in [2.24, 2.45) is 0 Å². The molecule has 90 valence electrons. The van der Waals surface area contributed by atoms with E-state index in [9.17, 15) is 4.79 Å². The minimum Gasteiger partial charge on any atom is -0.494 e. The fourth-order valence-corrected chi connectivity index (χ4v) is 1.66. The fraction of sp³-hybridized carbons (Fsp3) is 0.500. The van der Waals surface area contributed by atoms with Crippen molar-refractivity contribution in [3.05, 3.63) is 35.1 Å². The Labute approximate surface area is 105 Å². The largest absolute Gasteiger partial charge is 0.494 e. The summed E-state index contributed by atoms with van der Waals surface area (Å²) >= 11 is 0. The highest BCUT2D eigenvalue weighted by Gasteiger charge is 2.15. The van der Waals surface area contributed by atoms with Gasteiger partial charge in [-0.2, -0.15) is 0 Å². The molecule has 0 aromatic rings. The number of hydrogen-bond donors (Lipinski definition) is 0. The van der Waals surface area contributed by atoms with Gasteiger partial charge in [0.2, 0.25) is 0 Å². The van der Waals surface area contributed by atoms with E-state index in [4.69, 9.17) is 12.6 Å². The van der Waals surface area contributed by atoms with E-state index in [2.05, 4.69) is 19.9 Å². The Balaban J connectivity index is 2.57. The quantitative estimate of drug-likeness (QED) is 0.381. The molecule has 0 bridgehead atoms. The maximum absolute atomic E-state index is 11.0. The minimum absolute atomic E-state index is 0.347. The van der Waals surface area contributed by atoms with E-state index >= 15 is 0 Å². The van der Waals surface area contributed by atoms with Gasteiger partial charge < -0.3 is 9.53 Å². The highest BCUT2D eigenvalue weighted by atomic mass is 16.5. The first-order valence-electron chi connectivity index (χ1n) is 6.21. The fourth-order valence-electron chi connectivity index (χ4n) is 1.66. The molecule has 0 N–H and O–H groups in total. The smallest absolute Gasteiger partial charge is 0.174 e. The molecule has 1 rings (SSSR count). The second kappa shape index (κ2) is 7.15. The Bertz CT molecular complexity index is 364. The summed E-state index contributed by atoms with van der Waals surface area (Å²) in [6.45, 7) is 4.93. The maximum Gasteiger partial charge on any atom is 0.174 e.